The second kappa shape index (κ2) is 5.28. The first kappa shape index (κ1) is 14.9. The molecule has 0 unspecified atom stereocenters. The number of nitrogens with zero attached hydrogens (tertiary/aromatic N) is 3. The van der Waals surface area contributed by atoms with Gasteiger partial charge in [-0.25, -0.2) is 4.98 Å². The first-order valence-corrected chi connectivity index (χ1v) is 8.62. The highest BCUT2D eigenvalue weighted by atomic mass is 16.3. The van der Waals surface area contributed by atoms with Crippen LogP contribution in [-0.2, 0) is 0 Å². The Morgan fingerprint density at radius 2 is 2.08 bits per heavy atom. The molecule has 2 fully saturated rings. The zero-order chi connectivity index (χ0) is 17.0. The molecule has 0 amide bonds. The Morgan fingerprint density at radius 3 is 2.88 bits per heavy atom. The van der Waals surface area contributed by atoms with Crippen molar-refractivity contribution in [3.05, 3.63) is 54.4 Å². The van der Waals surface area contributed by atoms with Crippen molar-refractivity contribution in [3.63, 3.8) is 0 Å². The minimum Gasteiger partial charge on any atom is -0.396 e. The van der Waals surface area contributed by atoms with E-state index in [0.717, 1.165) is 23.3 Å². The molecular weight excluding hydrogens is 316 g/mol. The third-order valence-electron chi connectivity index (χ3n) is 6.07. The van der Waals surface area contributed by atoms with Crippen molar-refractivity contribution in [2.75, 3.05) is 24.6 Å². The number of H-pyrrole nitrogens is 1. The largest absolute Gasteiger partial charge is 0.396 e. The number of pyridine rings is 1. The van der Waals surface area contributed by atoms with E-state index >= 15 is 0 Å². The topological polar surface area (TPSA) is 85.3 Å². The summed E-state index contributed by atoms with van der Waals surface area (Å²) in [4.78, 5) is 6.49. The lowest BCUT2D eigenvalue weighted by molar-refractivity contribution is 0.113. The fourth-order valence-electron chi connectivity index (χ4n) is 4.86. The Balaban J connectivity index is 1.51. The summed E-state index contributed by atoms with van der Waals surface area (Å²) in [6.07, 6.45) is 3.07. The highest BCUT2D eigenvalue weighted by Gasteiger charge is 2.71. The maximum absolute atomic E-state index is 10.9. The number of anilines is 1. The second-order valence-corrected chi connectivity index (χ2v) is 7.15. The average Bonchev–Trinajstić information content (AvgIpc) is 2.92. The van der Waals surface area contributed by atoms with Crippen LogP contribution in [-0.4, -0.2) is 51.2 Å². The lowest BCUT2D eigenvalue weighted by Gasteiger charge is -2.19. The second-order valence-electron chi connectivity index (χ2n) is 7.15. The van der Waals surface area contributed by atoms with Gasteiger partial charge in [0.25, 0.3) is 0 Å². The number of aliphatic hydroxyl groups is 2. The van der Waals surface area contributed by atoms with Crippen LogP contribution in [0.4, 0.5) is 5.69 Å². The van der Waals surface area contributed by atoms with Crippen LogP contribution in [0.1, 0.15) is 11.5 Å². The molecule has 1 saturated carbocycles. The van der Waals surface area contributed by atoms with Crippen molar-refractivity contribution in [1.29, 1.82) is 0 Å². The van der Waals surface area contributed by atoms with Crippen molar-refractivity contribution in [2.45, 2.75) is 12.0 Å². The number of benzene rings is 1. The molecule has 6 heteroatoms. The molecule has 25 heavy (non-hydrogen) atoms. The van der Waals surface area contributed by atoms with Crippen molar-refractivity contribution >= 4 is 16.7 Å². The van der Waals surface area contributed by atoms with E-state index in [-0.39, 0.29) is 23.9 Å². The van der Waals surface area contributed by atoms with Crippen molar-refractivity contribution in [1.82, 2.24) is 15.2 Å². The standard InChI is InChI=1S/C19H20N4O2/c24-10-14-17(12-4-2-1-3-5-12)19(14)11-23(9-16(19)25)15-6-7-20-18-13(15)8-21-22-18/h1-8,14,16-17,24-25H,9-11H2,(H,20,21,22)/t14-,16+,17-,19-/m1/s1. The molecular formula is C19H20N4O2. The van der Waals surface area contributed by atoms with Gasteiger partial charge in [-0.05, 0) is 23.5 Å². The van der Waals surface area contributed by atoms with E-state index in [2.05, 4.69) is 32.2 Å². The van der Waals surface area contributed by atoms with Crippen LogP contribution in [0.3, 0.4) is 0 Å². The van der Waals surface area contributed by atoms with Gasteiger partial charge in [0.15, 0.2) is 5.65 Å². The Bertz CT molecular complexity index is 912. The fourth-order valence-corrected chi connectivity index (χ4v) is 4.86. The van der Waals surface area contributed by atoms with Gasteiger partial charge in [-0.15, -0.1) is 0 Å². The van der Waals surface area contributed by atoms with Gasteiger partial charge < -0.3 is 15.1 Å². The van der Waals surface area contributed by atoms with Crippen LogP contribution < -0.4 is 4.90 Å². The molecule has 1 aliphatic carbocycles. The van der Waals surface area contributed by atoms with Crippen LogP contribution in [0.2, 0.25) is 0 Å². The smallest absolute Gasteiger partial charge is 0.157 e. The van der Waals surface area contributed by atoms with Crippen LogP contribution in [0.15, 0.2) is 48.8 Å². The first-order chi connectivity index (χ1) is 12.3. The molecule has 3 heterocycles. The van der Waals surface area contributed by atoms with Crippen molar-refractivity contribution in [3.8, 4) is 0 Å². The van der Waals surface area contributed by atoms with E-state index in [9.17, 15) is 10.2 Å². The molecule has 2 aliphatic rings. The van der Waals surface area contributed by atoms with Crippen LogP contribution in [0, 0.1) is 11.3 Å². The van der Waals surface area contributed by atoms with E-state index in [1.54, 1.807) is 12.4 Å². The van der Waals surface area contributed by atoms with Crippen molar-refractivity contribution < 1.29 is 10.2 Å². The molecule has 3 aromatic rings. The SMILES string of the molecule is OC[C@@H]1[C@@H](c2ccccc2)[C@]12CN(c1ccnc3[nH]ncc13)C[C@@H]2O. The minimum absolute atomic E-state index is 0.0941. The molecule has 0 bridgehead atoms. The Labute approximate surface area is 145 Å². The molecule has 128 valence electrons. The summed E-state index contributed by atoms with van der Waals surface area (Å²) in [7, 11) is 0. The molecule has 1 aliphatic heterocycles. The molecule has 5 rings (SSSR count). The third-order valence-corrected chi connectivity index (χ3v) is 6.07. The number of hydrogen-bond donors (Lipinski definition) is 3. The van der Waals surface area contributed by atoms with E-state index in [4.69, 9.17) is 0 Å². The number of fused-ring (bicyclic) bond motifs is 1. The third kappa shape index (κ3) is 1.98. The maximum atomic E-state index is 10.9. The molecule has 1 spiro atoms. The molecule has 6 nitrogen and oxygen atoms in total. The van der Waals surface area contributed by atoms with Gasteiger partial charge in [-0.3, -0.25) is 5.10 Å². The molecule has 4 atom stereocenters. The number of β-amino-alcohol motifs (C(OH)–C–C–N with tert-alkyl or cyclic N) is 1. The highest BCUT2D eigenvalue weighted by molar-refractivity contribution is 5.89. The summed E-state index contributed by atoms with van der Waals surface area (Å²) in [6.45, 7) is 1.38. The normalized spacial score (nSPS) is 31.1. The van der Waals surface area contributed by atoms with E-state index < -0.39 is 6.10 Å². The fraction of sp³-hybridized carbons (Fsp3) is 0.368. The number of aromatic nitrogens is 3. The average molecular weight is 336 g/mol. The quantitative estimate of drug-likeness (QED) is 0.675. The van der Waals surface area contributed by atoms with Crippen LogP contribution in [0.5, 0.6) is 0 Å². The number of aromatic amines is 1. The predicted molar refractivity (Wildman–Crippen MR) is 94.3 cm³/mol. The maximum Gasteiger partial charge on any atom is 0.157 e. The van der Waals surface area contributed by atoms with Crippen molar-refractivity contribution in [2.24, 2.45) is 11.3 Å². The monoisotopic (exact) mass is 336 g/mol. The Hall–Kier alpha value is -2.44. The van der Waals surface area contributed by atoms with Crippen LogP contribution >= 0.6 is 0 Å². The van der Waals surface area contributed by atoms with Gasteiger partial charge in [0.05, 0.1) is 23.4 Å². The number of nitrogens with one attached hydrogen (secondary N) is 1. The molecule has 0 radical (unpaired) electrons. The van der Waals surface area contributed by atoms with Gasteiger partial charge in [-0.1, -0.05) is 30.3 Å². The molecule has 1 aromatic carbocycles. The lowest BCUT2D eigenvalue weighted by atomic mass is 9.95. The molecule has 1 saturated heterocycles. The summed E-state index contributed by atoms with van der Waals surface area (Å²) in [6, 6.07) is 12.2. The van der Waals surface area contributed by atoms with E-state index in [1.807, 2.05) is 24.3 Å². The number of aliphatic hydroxyl groups excluding tert-OH is 2. The lowest BCUT2D eigenvalue weighted by Crippen LogP contribution is -2.23. The van der Waals surface area contributed by atoms with Crippen LogP contribution in [0.25, 0.3) is 11.0 Å². The van der Waals surface area contributed by atoms with Gasteiger partial charge in [-0.2, -0.15) is 5.10 Å². The molecule has 2 aromatic heterocycles. The summed E-state index contributed by atoms with van der Waals surface area (Å²) >= 11 is 0. The van der Waals surface area contributed by atoms with Gasteiger partial charge in [0, 0.05) is 31.3 Å². The first-order valence-electron chi connectivity index (χ1n) is 8.62. The zero-order valence-electron chi connectivity index (χ0n) is 13.7. The van der Waals surface area contributed by atoms with E-state index in [1.165, 1.54) is 5.56 Å². The molecule has 3 N–H and O–H groups in total. The van der Waals surface area contributed by atoms with Gasteiger partial charge in [0.2, 0.25) is 0 Å². The zero-order valence-corrected chi connectivity index (χ0v) is 13.7. The summed E-state index contributed by atoms with van der Waals surface area (Å²) < 4.78 is 0. The number of hydrogen-bond acceptors (Lipinski definition) is 5. The summed E-state index contributed by atoms with van der Waals surface area (Å²) in [5.74, 6) is 0.289. The van der Waals surface area contributed by atoms with Gasteiger partial charge in [0.1, 0.15) is 0 Å². The summed E-state index contributed by atoms with van der Waals surface area (Å²) in [5, 5.41) is 28.8. The van der Waals surface area contributed by atoms with Gasteiger partial charge >= 0.3 is 0 Å². The highest BCUT2D eigenvalue weighted by Crippen LogP contribution is 2.69. The van der Waals surface area contributed by atoms with E-state index in [0.29, 0.717) is 6.54 Å². The minimum atomic E-state index is -0.468. The predicted octanol–water partition coefficient (Wildman–Crippen LogP) is 1.53. The Kier molecular flexibility index (Phi) is 3.14. The number of rotatable bonds is 3. The Morgan fingerprint density at radius 1 is 1.24 bits per heavy atom. The summed E-state index contributed by atoms with van der Waals surface area (Å²) in [5.41, 5.74) is 2.70.